The second-order valence-electron chi connectivity index (χ2n) is 12.4. The third-order valence-corrected chi connectivity index (χ3v) is 11.0. The van der Waals surface area contributed by atoms with E-state index in [1.807, 2.05) is 36.4 Å². The van der Waals surface area contributed by atoms with E-state index in [1.165, 1.54) is 48.4 Å². The average molecular weight is 729 g/mol. The number of phenols is 1. The summed E-state index contributed by atoms with van der Waals surface area (Å²) in [6, 6.07) is 31.8. The highest BCUT2D eigenvalue weighted by atomic mass is 32.2. The number of rotatable bonds is 11. The smallest absolute Gasteiger partial charge is 0.272 e. The zero-order valence-corrected chi connectivity index (χ0v) is 30.1. The van der Waals surface area contributed by atoms with Crippen LogP contribution in [0.25, 0.3) is 6.08 Å². The zero-order valence-electron chi connectivity index (χ0n) is 28.5. The molecule has 262 valence electrons. The van der Waals surface area contributed by atoms with Crippen LogP contribution in [0.3, 0.4) is 0 Å². The molecule has 0 saturated carbocycles. The van der Waals surface area contributed by atoms with Gasteiger partial charge in [-0.2, -0.15) is 5.26 Å². The van der Waals surface area contributed by atoms with Crippen molar-refractivity contribution in [3.05, 3.63) is 142 Å². The summed E-state index contributed by atoms with van der Waals surface area (Å²) in [7, 11) is 1.44. The van der Waals surface area contributed by atoms with E-state index in [1.54, 1.807) is 54.6 Å². The Balaban J connectivity index is 1.25. The molecule has 52 heavy (non-hydrogen) atoms. The Bertz CT molecular complexity index is 2180. The number of thiophene rings is 1. The third kappa shape index (κ3) is 8.54. The van der Waals surface area contributed by atoms with Gasteiger partial charge in [-0.3, -0.25) is 14.4 Å². The molecule has 1 aliphatic carbocycles. The fourth-order valence-electron chi connectivity index (χ4n) is 5.93. The fraction of sp³-hybridized carbons (Fsp3) is 0.171. The van der Waals surface area contributed by atoms with E-state index in [-0.39, 0.29) is 17.4 Å². The molecule has 4 N–H and O–H groups in total. The predicted octanol–water partition coefficient (Wildman–Crippen LogP) is 8.34. The minimum atomic E-state index is -0.667. The van der Waals surface area contributed by atoms with Crippen LogP contribution in [0.5, 0.6) is 11.5 Å². The Morgan fingerprint density at radius 1 is 0.981 bits per heavy atom. The molecule has 5 aromatic rings. The van der Waals surface area contributed by atoms with Crippen molar-refractivity contribution in [2.75, 3.05) is 17.7 Å². The SMILES string of the molecule is COc1cc(O)ccc1/C=C(/NC(=O)c1ccccc1)C(=O)Nc1cccc(SC(C(=O)Nc2sc3c(c2C#N)CCC(C)C3)c2ccccc2)c1. The molecule has 0 radical (unpaired) electrons. The number of carbonyl (C=O) groups excluding carboxylic acids is 3. The number of benzene rings is 4. The Morgan fingerprint density at radius 3 is 2.46 bits per heavy atom. The van der Waals surface area contributed by atoms with E-state index in [9.17, 15) is 24.8 Å². The number of phenolic OH excluding ortho intramolecular Hbond substituents is 1. The number of anilines is 2. The number of fused-ring (bicyclic) bond motifs is 1. The first kappa shape index (κ1) is 36.0. The average Bonchev–Trinajstić information content (AvgIpc) is 3.50. The number of ether oxygens (including phenoxy) is 1. The number of thioether (sulfide) groups is 1. The van der Waals surface area contributed by atoms with E-state index >= 15 is 0 Å². The van der Waals surface area contributed by atoms with Gasteiger partial charge in [-0.05, 0) is 84.8 Å². The number of hydrogen-bond acceptors (Lipinski definition) is 8. The minimum absolute atomic E-state index is 0.0141. The number of carbonyl (C=O) groups is 3. The molecular formula is C41H36N4O5S2. The van der Waals surface area contributed by atoms with Crippen LogP contribution in [0.1, 0.15) is 56.1 Å². The van der Waals surface area contributed by atoms with Gasteiger partial charge in [0, 0.05) is 32.7 Å². The van der Waals surface area contributed by atoms with Crippen LogP contribution in [-0.4, -0.2) is 29.9 Å². The maximum absolute atomic E-state index is 14.0. The summed E-state index contributed by atoms with van der Waals surface area (Å²) in [5.41, 5.74) is 3.58. The van der Waals surface area contributed by atoms with Crippen molar-refractivity contribution in [1.82, 2.24) is 5.32 Å². The Labute approximate surface area is 310 Å². The number of nitrogens with one attached hydrogen (secondary N) is 3. The first-order chi connectivity index (χ1) is 25.2. The topological polar surface area (TPSA) is 141 Å². The van der Waals surface area contributed by atoms with Gasteiger partial charge < -0.3 is 25.8 Å². The van der Waals surface area contributed by atoms with Crippen LogP contribution in [-0.2, 0) is 22.4 Å². The lowest BCUT2D eigenvalue weighted by Crippen LogP contribution is -2.30. The maximum atomic E-state index is 14.0. The van der Waals surface area contributed by atoms with E-state index in [0.717, 1.165) is 35.3 Å². The van der Waals surface area contributed by atoms with E-state index in [0.29, 0.717) is 43.9 Å². The van der Waals surface area contributed by atoms with Crippen molar-refractivity contribution < 1.29 is 24.2 Å². The van der Waals surface area contributed by atoms with Gasteiger partial charge >= 0.3 is 0 Å². The minimum Gasteiger partial charge on any atom is -0.508 e. The number of methoxy groups -OCH3 is 1. The first-order valence-corrected chi connectivity index (χ1v) is 18.4. The first-order valence-electron chi connectivity index (χ1n) is 16.7. The summed E-state index contributed by atoms with van der Waals surface area (Å²) in [6.45, 7) is 2.20. The summed E-state index contributed by atoms with van der Waals surface area (Å²) in [4.78, 5) is 42.8. The summed E-state index contributed by atoms with van der Waals surface area (Å²) in [5, 5.41) is 28.6. The second kappa shape index (κ2) is 16.5. The number of nitrogens with zero attached hydrogens (tertiary/aromatic N) is 1. The number of hydrogen-bond donors (Lipinski definition) is 4. The van der Waals surface area contributed by atoms with Crippen molar-refractivity contribution in [1.29, 1.82) is 5.26 Å². The van der Waals surface area contributed by atoms with Gasteiger partial charge in [-0.1, -0.05) is 61.5 Å². The van der Waals surface area contributed by atoms with Crippen LogP contribution in [0.15, 0.2) is 114 Å². The lowest BCUT2D eigenvalue weighted by molar-refractivity contribution is -0.116. The van der Waals surface area contributed by atoms with Gasteiger partial charge in [-0.25, -0.2) is 0 Å². The molecule has 0 fully saturated rings. The summed E-state index contributed by atoms with van der Waals surface area (Å²) in [6.07, 6.45) is 4.22. The maximum Gasteiger partial charge on any atom is 0.272 e. The number of nitriles is 1. The van der Waals surface area contributed by atoms with E-state index in [2.05, 4.69) is 28.9 Å². The van der Waals surface area contributed by atoms with Gasteiger partial charge in [0.15, 0.2) is 0 Å². The highest BCUT2D eigenvalue weighted by Gasteiger charge is 2.28. The summed E-state index contributed by atoms with van der Waals surface area (Å²) in [5.74, 6) is -0.517. The van der Waals surface area contributed by atoms with Gasteiger partial charge in [0.05, 0.1) is 12.7 Å². The molecule has 0 aliphatic heterocycles. The molecule has 6 rings (SSSR count). The van der Waals surface area contributed by atoms with E-state index in [4.69, 9.17) is 4.74 Å². The van der Waals surface area contributed by atoms with Crippen molar-refractivity contribution in [2.24, 2.45) is 5.92 Å². The molecule has 0 saturated heterocycles. The lowest BCUT2D eigenvalue weighted by Gasteiger charge is -2.18. The Hall–Kier alpha value is -5.83. The Morgan fingerprint density at radius 2 is 1.73 bits per heavy atom. The molecule has 2 unspecified atom stereocenters. The van der Waals surface area contributed by atoms with Gasteiger partial charge in [-0.15, -0.1) is 23.1 Å². The zero-order chi connectivity index (χ0) is 36.6. The highest BCUT2D eigenvalue weighted by Crippen LogP contribution is 2.42. The monoisotopic (exact) mass is 728 g/mol. The quantitative estimate of drug-likeness (QED) is 0.0792. The second-order valence-corrected chi connectivity index (χ2v) is 14.6. The van der Waals surface area contributed by atoms with Gasteiger partial charge in [0.25, 0.3) is 11.8 Å². The molecule has 1 heterocycles. The highest BCUT2D eigenvalue weighted by molar-refractivity contribution is 8.00. The standard InChI is InChI=1S/C41H36N4O5S2/c1-25-16-19-32-33(24-42)41(52-36(32)20-25)45-40(49)37(26-10-5-3-6-11-26)51-31-15-9-14-29(22-31)43-39(48)34(44-38(47)27-12-7-4-8-13-27)21-28-17-18-30(46)23-35(28)50-2/h3-15,17-18,21-23,25,37,46H,16,19-20H2,1-2H3,(H,43,48)(H,44,47)(H,45,49)/b34-21+. The van der Waals surface area contributed by atoms with Gasteiger partial charge in [0.2, 0.25) is 5.91 Å². The molecule has 11 heteroatoms. The molecule has 0 bridgehead atoms. The fourth-order valence-corrected chi connectivity index (χ4v) is 8.38. The van der Waals surface area contributed by atoms with Crippen molar-refractivity contribution in [2.45, 2.75) is 36.3 Å². The lowest BCUT2D eigenvalue weighted by atomic mass is 9.88. The van der Waals surface area contributed by atoms with Crippen LogP contribution >= 0.6 is 23.1 Å². The van der Waals surface area contributed by atoms with Crippen molar-refractivity contribution in [3.63, 3.8) is 0 Å². The molecule has 3 amide bonds. The van der Waals surface area contributed by atoms with Crippen LogP contribution < -0.4 is 20.7 Å². The molecule has 1 aromatic heterocycles. The Kier molecular flexibility index (Phi) is 11.4. The third-order valence-electron chi connectivity index (χ3n) is 8.59. The van der Waals surface area contributed by atoms with E-state index < -0.39 is 17.1 Å². The molecule has 1 aliphatic rings. The summed E-state index contributed by atoms with van der Waals surface area (Å²) >= 11 is 2.81. The molecule has 2 atom stereocenters. The molecule has 9 nitrogen and oxygen atoms in total. The summed E-state index contributed by atoms with van der Waals surface area (Å²) < 4.78 is 5.40. The predicted molar refractivity (Wildman–Crippen MR) is 206 cm³/mol. The van der Waals surface area contributed by atoms with Crippen LogP contribution in [0.2, 0.25) is 0 Å². The van der Waals surface area contributed by atoms with Crippen molar-refractivity contribution >= 4 is 57.6 Å². The van der Waals surface area contributed by atoms with Crippen LogP contribution in [0.4, 0.5) is 10.7 Å². The molecular weight excluding hydrogens is 693 g/mol. The molecule has 4 aromatic carbocycles. The molecule has 0 spiro atoms. The van der Waals surface area contributed by atoms with Crippen LogP contribution in [0, 0.1) is 17.2 Å². The van der Waals surface area contributed by atoms with Gasteiger partial charge in [0.1, 0.15) is 33.5 Å². The normalized spacial score (nSPS) is 14.3. The number of amides is 3. The van der Waals surface area contributed by atoms with Crippen molar-refractivity contribution in [3.8, 4) is 17.6 Å². The number of aromatic hydroxyl groups is 1. The largest absolute Gasteiger partial charge is 0.508 e.